The summed E-state index contributed by atoms with van der Waals surface area (Å²) in [6.07, 6.45) is 0.182. The van der Waals surface area contributed by atoms with Crippen molar-refractivity contribution in [2.75, 3.05) is 6.61 Å². The average Bonchev–Trinajstić information content (AvgIpc) is 3.27. The Bertz CT molecular complexity index is 1180. The van der Waals surface area contributed by atoms with Crippen molar-refractivity contribution in [2.24, 2.45) is 0 Å². The number of Topliss-reactive ketones (excluding diaryl/α,β-unsaturated/α-hetero) is 1. The van der Waals surface area contributed by atoms with Crippen LogP contribution in [0.3, 0.4) is 0 Å². The van der Waals surface area contributed by atoms with E-state index < -0.39 is 12.1 Å². The SMILES string of the molecule is [C-]#[N+]c1ccc(CCOC(=O)NC(CC)C(=O)Cn2nnc(Sc3c(Cl)cccc3Cl)n2)cc1. The number of benzene rings is 2. The third kappa shape index (κ3) is 7.18. The summed E-state index contributed by atoms with van der Waals surface area (Å²) in [7, 11) is 0. The van der Waals surface area contributed by atoms with E-state index in [1.807, 2.05) is 12.1 Å². The van der Waals surface area contributed by atoms with Crippen LogP contribution in [0.2, 0.25) is 10.0 Å². The maximum absolute atomic E-state index is 12.6. The molecule has 0 bridgehead atoms. The number of rotatable bonds is 10. The summed E-state index contributed by atoms with van der Waals surface area (Å²) >= 11 is 13.5. The van der Waals surface area contributed by atoms with Crippen LogP contribution in [0.4, 0.5) is 10.5 Å². The molecule has 0 aliphatic rings. The molecule has 1 amide bonds. The van der Waals surface area contributed by atoms with Gasteiger partial charge in [0.15, 0.2) is 11.5 Å². The number of halogens is 2. The minimum atomic E-state index is -0.759. The van der Waals surface area contributed by atoms with Crippen molar-refractivity contribution >= 4 is 52.5 Å². The van der Waals surface area contributed by atoms with Crippen molar-refractivity contribution in [3.63, 3.8) is 0 Å². The lowest BCUT2D eigenvalue weighted by molar-refractivity contribution is -0.122. The first-order valence-corrected chi connectivity index (χ1v) is 11.8. The van der Waals surface area contributed by atoms with E-state index in [2.05, 4.69) is 25.6 Å². The van der Waals surface area contributed by atoms with Crippen LogP contribution in [0.25, 0.3) is 4.85 Å². The van der Waals surface area contributed by atoms with Crippen molar-refractivity contribution in [1.82, 2.24) is 25.5 Å². The van der Waals surface area contributed by atoms with E-state index in [-0.39, 0.29) is 24.1 Å². The summed E-state index contributed by atoms with van der Waals surface area (Å²) in [4.78, 5) is 29.8. The molecule has 0 fully saturated rings. The monoisotopic (exact) mass is 518 g/mol. The van der Waals surface area contributed by atoms with E-state index in [1.165, 1.54) is 0 Å². The molecule has 0 spiro atoms. The number of hydrogen-bond acceptors (Lipinski definition) is 7. The fraction of sp³-hybridized carbons (Fsp3) is 0.273. The smallest absolute Gasteiger partial charge is 0.407 e. The molecular weight excluding hydrogens is 499 g/mol. The lowest BCUT2D eigenvalue weighted by Gasteiger charge is -2.15. The number of carbonyl (C=O) groups is 2. The average molecular weight is 519 g/mol. The van der Waals surface area contributed by atoms with Crippen LogP contribution in [0.15, 0.2) is 52.5 Å². The highest BCUT2D eigenvalue weighted by atomic mass is 35.5. The number of nitrogens with one attached hydrogen (secondary N) is 1. The fourth-order valence-corrected chi connectivity index (χ4v) is 4.21. The van der Waals surface area contributed by atoms with Crippen LogP contribution < -0.4 is 5.32 Å². The summed E-state index contributed by atoms with van der Waals surface area (Å²) in [6, 6.07) is 11.4. The first-order chi connectivity index (χ1) is 16.4. The van der Waals surface area contributed by atoms with E-state index in [9.17, 15) is 9.59 Å². The first kappa shape index (κ1) is 25.5. The molecule has 34 heavy (non-hydrogen) atoms. The van der Waals surface area contributed by atoms with Crippen molar-refractivity contribution in [3.05, 3.63) is 69.5 Å². The topological polar surface area (TPSA) is 103 Å². The number of alkyl carbamates (subject to hydrolysis) is 1. The quantitative estimate of drug-likeness (QED) is 0.376. The van der Waals surface area contributed by atoms with E-state index in [0.29, 0.717) is 33.5 Å². The molecule has 0 aliphatic heterocycles. The molecule has 12 heteroatoms. The number of aromatic nitrogens is 4. The van der Waals surface area contributed by atoms with Gasteiger partial charge in [-0.05, 0) is 41.1 Å². The number of nitrogens with zero attached hydrogens (tertiary/aromatic N) is 5. The van der Waals surface area contributed by atoms with Crippen molar-refractivity contribution < 1.29 is 14.3 Å². The zero-order chi connectivity index (χ0) is 24.5. The zero-order valence-electron chi connectivity index (χ0n) is 18.1. The number of amides is 1. The van der Waals surface area contributed by atoms with E-state index in [0.717, 1.165) is 22.1 Å². The third-order valence-corrected chi connectivity index (χ3v) is 6.47. The van der Waals surface area contributed by atoms with Gasteiger partial charge >= 0.3 is 6.09 Å². The van der Waals surface area contributed by atoms with Gasteiger partial charge in [0.1, 0.15) is 6.54 Å². The molecule has 0 aliphatic carbocycles. The Labute approximate surface area is 210 Å². The molecule has 0 saturated carbocycles. The molecule has 9 nitrogen and oxygen atoms in total. The van der Waals surface area contributed by atoms with Crippen LogP contribution in [0.1, 0.15) is 18.9 Å². The second kappa shape index (κ2) is 12.4. The van der Waals surface area contributed by atoms with Gasteiger partial charge in [-0.15, -0.1) is 10.2 Å². The molecule has 2 aromatic carbocycles. The lowest BCUT2D eigenvalue weighted by atomic mass is 10.1. The summed E-state index contributed by atoms with van der Waals surface area (Å²) in [5.41, 5.74) is 1.49. The maximum atomic E-state index is 12.6. The Kier molecular flexibility index (Phi) is 9.27. The highest BCUT2D eigenvalue weighted by Gasteiger charge is 2.21. The van der Waals surface area contributed by atoms with Crippen LogP contribution in [-0.4, -0.2) is 44.7 Å². The highest BCUT2D eigenvalue weighted by Crippen LogP contribution is 2.36. The van der Waals surface area contributed by atoms with E-state index >= 15 is 0 Å². The third-order valence-electron chi connectivity index (χ3n) is 4.62. The predicted octanol–water partition coefficient (Wildman–Crippen LogP) is 5.00. The predicted molar refractivity (Wildman–Crippen MR) is 128 cm³/mol. The van der Waals surface area contributed by atoms with Crippen LogP contribution in [0, 0.1) is 6.57 Å². The molecule has 1 heterocycles. The summed E-state index contributed by atoms with van der Waals surface area (Å²) in [5.74, 6) is -0.293. The normalized spacial score (nSPS) is 11.5. The fourth-order valence-electron chi connectivity index (χ4n) is 2.85. The van der Waals surface area contributed by atoms with Crippen LogP contribution in [-0.2, 0) is 22.5 Å². The molecule has 176 valence electrons. The Morgan fingerprint density at radius 2 is 1.91 bits per heavy atom. The van der Waals surface area contributed by atoms with Gasteiger partial charge in [0.05, 0.1) is 34.2 Å². The van der Waals surface area contributed by atoms with Gasteiger partial charge in [-0.1, -0.05) is 60.5 Å². The lowest BCUT2D eigenvalue weighted by Crippen LogP contribution is -2.42. The standard InChI is InChI=1S/C22H20Cl2N6O3S/c1-3-18(26-22(32)33-12-11-14-7-9-15(25-2)10-8-14)19(31)13-30-28-21(27-29-30)34-20-16(23)5-4-6-17(20)24/h4-10,18H,3,11-13H2,1H3,(H,26,32). The molecule has 1 atom stereocenters. The molecule has 3 aromatic rings. The summed E-state index contributed by atoms with van der Waals surface area (Å²) in [5, 5.41) is 15.8. The van der Waals surface area contributed by atoms with Gasteiger partial charge < -0.3 is 10.1 Å². The highest BCUT2D eigenvalue weighted by molar-refractivity contribution is 7.99. The van der Waals surface area contributed by atoms with Gasteiger partial charge in [-0.25, -0.2) is 9.64 Å². The van der Waals surface area contributed by atoms with E-state index in [4.69, 9.17) is 34.5 Å². The first-order valence-electron chi connectivity index (χ1n) is 10.2. The molecule has 0 radical (unpaired) electrons. The number of carbonyl (C=O) groups excluding carboxylic acids is 2. The summed E-state index contributed by atoms with van der Waals surface area (Å²) < 4.78 is 5.19. The molecular formula is C22H20Cl2N6O3S. The molecule has 0 saturated heterocycles. The van der Waals surface area contributed by atoms with Gasteiger partial charge in [0.2, 0.25) is 5.16 Å². The van der Waals surface area contributed by atoms with Gasteiger partial charge in [-0.2, -0.15) is 4.80 Å². The van der Waals surface area contributed by atoms with Crippen molar-refractivity contribution in [3.8, 4) is 0 Å². The molecule has 3 rings (SSSR count). The largest absolute Gasteiger partial charge is 0.449 e. The maximum Gasteiger partial charge on any atom is 0.407 e. The van der Waals surface area contributed by atoms with Crippen LogP contribution in [0.5, 0.6) is 0 Å². The Morgan fingerprint density at radius 3 is 2.56 bits per heavy atom. The number of tetrazole rings is 1. The Hall–Kier alpha value is -3.13. The van der Waals surface area contributed by atoms with Gasteiger partial charge in [0, 0.05) is 6.42 Å². The number of ketones is 1. The van der Waals surface area contributed by atoms with Gasteiger partial charge in [-0.3, -0.25) is 4.79 Å². The minimum Gasteiger partial charge on any atom is -0.449 e. The number of ether oxygens (including phenoxy) is 1. The van der Waals surface area contributed by atoms with Crippen molar-refractivity contribution in [1.29, 1.82) is 0 Å². The van der Waals surface area contributed by atoms with E-state index in [1.54, 1.807) is 37.3 Å². The molecule has 1 aromatic heterocycles. The number of hydrogen-bond donors (Lipinski definition) is 1. The molecule has 1 unspecified atom stereocenters. The van der Waals surface area contributed by atoms with Crippen LogP contribution >= 0.6 is 35.0 Å². The Morgan fingerprint density at radius 1 is 1.21 bits per heavy atom. The molecule has 1 N–H and O–H groups in total. The summed E-state index contributed by atoms with van der Waals surface area (Å²) in [6.45, 7) is 8.70. The second-order valence-electron chi connectivity index (χ2n) is 6.99. The second-order valence-corrected chi connectivity index (χ2v) is 8.78. The van der Waals surface area contributed by atoms with Gasteiger partial charge in [0.25, 0.3) is 0 Å². The Balaban J connectivity index is 1.48. The van der Waals surface area contributed by atoms with Crippen molar-refractivity contribution in [2.45, 2.75) is 42.4 Å². The minimum absolute atomic E-state index is 0.143. The zero-order valence-corrected chi connectivity index (χ0v) is 20.4.